The van der Waals surface area contributed by atoms with E-state index in [1.54, 1.807) is 0 Å². The van der Waals surface area contributed by atoms with Crippen molar-refractivity contribution in [1.82, 2.24) is 0 Å². The third-order valence-corrected chi connectivity index (χ3v) is 6.11. The van der Waals surface area contributed by atoms with Crippen LogP contribution in [0.4, 0.5) is 0 Å². The molecule has 0 saturated heterocycles. The van der Waals surface area contributed by atoms with E-state index in [4.69, 9.17) is 7.58 Å². The van der Waals surface area contributed by atoms with Crippen molar-refractivity contribution in [1.29, 1.82) is 0 Å². The fourth-order valence-electron chi connectivity index (χ4n) is 3.49. The Bertz CT molecular complexity index is 225. The van der Waals surface area contributed by atoms with Gasteiger partial charge in [-0.3, -0.25) is 0 Å². The summed E-state index contributed by atoms with van der Waals surface area (Å²) < 4.78 is 11.3. The highest BCUT2D eigenvalue weighted by Crippen LogP contribution is 2.11. The maximum Gasteiger partial charge on any atom is 0.668 e. The molecule has 1 radical (unpaired) electrons. The first-order chi connectivity index (χ1) is 13.4. The van der Waals surface area contributed by atoms with Gasteiger partial charge in [0.15, 0.2) is 0 Å². The van der Waals surface area contributed by atoms with Gasteiger partial charge in [-0.05, 0) is 12.8 Å². The Morgan fingerprint density at radius 1 is 0.370 bits per heavy atom. The van der Waals surface area contributed by atoms with E-state index >= 15 is 0 Å². The molecule has 27 heavy (non-hydrogen) atoms. The normalized spacial score (nSPS) is 11.2. The highest BCUT2D eigenvalue weighted by Gasteiger charge is 1.99. The van der Waals surface area contributed by atoms with Gasteiger partial charge >= 0.3 is 15.9 Å². The molecule has 3 heteroatoms. The topological polar surface area (TPSA) is 18.5 Å². The van der Waals surface area contributed by atoms with Gasteiger partial charge in [0.25, 0.3) is 0 Å². The molecule has 0 aromatic carbocycles. The Morgan fingerprint density at radius 3 is 0.926 bits per heavy atom. The Kier molecular flexibility index (Phi) is 26.9. The summed E-state index contributed by atoms with van der Waals surface area (Å²) in [6.07, 6.45) is 27.7. The second-order valence-electron chi connectivity index (χ2n) is 8.20. The molecule has 0 saturated carbocycles. The van der Waals surface area contributed by atoms with Crippen molar-refractivity contribution in [3.8, 4) is 0 Å². The van der Waals surface area contributed by atoms with Crippen LogP contribution in [0.2, 0.25) is 0 Å². The lowest BCUT2D eigenvalue weighted by Gasteiger charge is -2.06. The lowest BCUT2D eigenvalue weighted by atomic mass is 10.1. The zero-order valence-electron chi connectivity index (χ0n) is 19.0. The summed E-state index contributed by atoms with van der Waals surface area (Å²) in [5, 5.41) is 0. The minimum atomic E-state index is -0.222. The van der Waals surface area contributed by atoms with Crippen LogP contribution in [0.1, 0.15) is 142 Å². The maximum atomic E-state index is 5.66. The molecule has 2 nitrogen and oxygen atoms in total. The third kappa shape index (κ3) is 26.5. The molecule has 0 aromatic rings. The summed E-state index contributed by atoms with van der Waals surface area (Å²) >= 11 is -0.222. The molecule has 0 fully saturated rings. The van der Waals surface area contributed by atoms with E-state index in [2.05, 4.69) is 13.8 Å². The molecule has 0 rings (SSSR count). The van der Waals surface area contributed by atoms with Gasteiger partial charge in [-0.25, -0.2) is 0 Å². The van der Waals surface area contributed by atoms with E-state index < -0.39 is 0 Å². The molecule has 0 heterocycles. The van der Waals surface area contributed by atoms with Gasteiger partial charge in [0.2, 0.25) is 0 Å². The summed E-state index contributed by atoms with van der Waals surface area (Å²) in [5.41, 5.74) is 0. The van der Waals surface area contributed by atoms with E-state index in [0.717, 1.165) is 13.2 Å². The predicted octanol–water partition coefficient (Wildman–Crippen LogP) is 8.40. The van der Waals surface area contributed by atoms with E-state index in [1.165, 1.54) is 128 Å². The molecular formula is C24H50AlO2. The standard InChI is InChI=1S/2C12H25O.Al/c2*1-2-3-4-5-6-7-8-9-10-11-12-13;/h2*2-12H2,1H3;/q2*-1;+2. The van der Waals surface area contributed by atoms with Crippen LogP contribution in [0.15, 0.2) is 0 Å². The van der Waals surface area contributed by atoms with Gasteiger partial charge < -0.3 is 7.58 Å². The summed E-state index contributed by atoms with van der Waals surface area (Å²) in [6.45, 7) is 6.38. The molecule has 0 aliphatic carbocycles. The summed E-state index contributed by atoms with van der Waals surface area (Å²) in [5.74, 6) is 0. The second kappa shape index (κ2) is 26.5. The lowest BCUT2D eigenvalue weighted by Crippen LogP contribution is -2.07. The van der Waals surface area contributed by atoms with Gasteiger partial charge in [0.1, 0.15) is 0 Å². The highest BCUT2D eigenvalue weighted by molar-refractivity contribution is 6.17. The number of rotatable bonds is 24. The van der Waals surface area contributed by atoms with Crippen LogP contribution < -0.4 is 0 Å². The predicted molar refractivity (Wildman–Crippen MR) is 121 cm³/mol. The molecule has 0 aliphatic heterocycles. The largest absolute Gasteiger partial charge is 0.668 e. The average molecular weight is 398 g/mol. The van der Waals surface area contributed by atoms with Crippen molar-refractivity contribution >= 4 is 15.9 Å². The Hall–Kier alpha value is 0.452. The SMILES string of the molecule is CCCCCCCCCCCC[O][Al][O]CCCCCCCCCCCC. The van der Waals surface area contributed by atoms with Gasteiger partial charge in [-0.1, -0.05) is 129 Å². The maximum absolute atomic E-state index is 5.66. The first-order valence-corrected chi connectivity index (χ1v) is 13.4. The highest BCUT2D eigenvalue weighted by atomic mass is 27.2. The van der Waals surface area contributed by atoms with Crippen LogP contribution in [0, 0.1) is 0 Å². The molecule has 161 valence electrons. The zero-order chi connectivity index (χ0) is 19.7. The van der Waals surface area contributed by atoms with Crippen LogP contribution in [0.25, 0.3) is 0 Å². The van der Waals surface area contributed by atoms with Crippen LogP contribution >= 0.6 is 0 Å². The first-order valence-electron chi connectivity index (χ1n) is 12.5. The summed E-state index contributed by atoms with van der Waals surface area (Å²) in [6, 6.07) is 0. The van der Waals surface area contributed by atoms with E-state index in [0.29, 0.717) is 0 Å². The molecule has 0 aliphatic rings. The smallest absolute Gasteiger partial charge is 0.484 e. The monoisotopic (exact) mass is 397 g/mol. The van der Waals surface area contributed by atoms with Gasteiger partial charge in [0, 0.05) is 13.2 Å². The second-order valence-corrected chi connectivity index (χ2v) is 9.06. The molecule has 0 unspecified atom stereocenters. The van der Waals surface area contributed by atoms with E-state index in [1.807, 2.05) is 0 Å². The summed E-state index contributed by atoms with van der Waals surface area (Å²) in [4.78, 5) is 0. The van der Waals surface area contributed by atoms with Crippen molar-refractivity contribution < 1.29 is 7.58 Å². The quantitative estimate of drug-likeness (QED) is 0.120. The Morgan fingerprint density at radius 2 is 0.630 bits per heavy atom. The zero-order valence-corrected chi connectivity index (χ0v) is 20.1. The molecule has 0 atom stereocenters. The van der Waals surface area contributed by atoms with Crippen LogP contribution in [0.3, 0.4) is 0 Å². The van der Waals surface area contributed by atoms with Crippen molar-refractivity contribution in [3.63, 3.8) is 0 Å². The molecular weight excluding hydrogens is 347 g/mol. The first kappa shape index (κ1) is 27.5. The fourth-order valence-corrected chi connectivity index (χ4v) is 4.11. The van der Waals surface area contributed by atoms with E-state index in [-0.39, 0.29) is 15.9 Å². The lowest BCUT2D eigenvalue weighted by molar-refractivity contribution is 0.213. The van der Waals surface area contributed by atoms with E-state index in [9.17, 15) is 0 Å². The minimum Gasteiger partial charge on any atom is -0.484 e. The van der Waals surface area contributed by atoms with Gasteiger partial charge in [-0.2, -0.15) is 0 Å². The van der Waals surface area contributed by atoms with Crippen LogP contribution in [-0.2, 0) is 7.58 Å². The number of hydrogen-bond donors (Lipinski definition) is 0. The third-order valence-electron chi connectivity index (χ3n) is 5.37. The van der Waals surface area contributed by atoms with Gasteiger partial charge in [0.05, 0.1) is 0 Å². The molecule has 0 aromatic heterocycles. The van der Waals surface area contributed by atoms with Crippen LogP contribution in [0.5, 0.6) is 0 Å². The molecule has 0 bridgehead atoms. The van der Waals surface area contributed by atoms with Gasteiger partial charge in [-0.15, -0.1) is 0 Å². The molecule has 0 amide bonds. The number of unbranched alkanes of at least 4 members (excludes halogenated alkanes) is 18. The average Bonchev–Trinajstić information content (AvgIpc) is 2.68. The minimum absolute atomic E-state index is 0.222. The van der Waals surface area contributed by atoms with Crippen molar-refractivity contribution in [2.75, 3.05) is 13.2 Å². The molecule has 0 spiro atoms. The van der Waals surface area contributed by atoms with Crippen molar-refractivity contribution in [3.05, 3.63) is 0 Å². The Labute approximate surface area is 178 Å². The van der Waals surface area contributed by atoms with Crippen LogP contribution in [-0.4, -0.2) is 29.1 Å². The van der Waals surface area contributed by atoms with Crippen molar-refractivity contribution in [2.24, 2.45) is 0 Å². The fraction of sp³-hybridized carbons (Fsp3) is 1.00. The summed E-state index contributed by atoms with van der Waals surface area (Å²) in [7, 11) is 0. The van der Waals surface area contributed by atoms with Crippen molar-refractivity contribution in [2.45, 2.75) is 142 Å². The Balaban J connectivity index is 2.95. The number of hydrogen-bond acceptors (Lipinski definition) is 2. The molecule has 0 N–H and O–H groups in total.